The smallest absolute Gasteiger partial charge is 0.276 e. The highest BCUT2D eigenvalue weighted by Gasteiger charge is 2.17. The number of nitriles is 3. The standard InChI is InChI=1S/C4H10.C3N3OP/c1-3-4-2;4-1-8(7,2-5)3-6/h3-4H2,1-2H3;. The van der Waals surface area contributed by atoms with Gasteiger partial charge in [0, 0.05) is 0 Å². The third-order valence-corrected chi connectivity index (χ3v) is 1.77. The fraction of sp³-hybridized carbons (Fsp3) is 0.571. The van der Waals surface area contributed by atoms with Gasteiger partial charge in [-0.25, -0.2) is 0 Å². The molecule has 0 saturated heterocycles. The molecule has 0 atom stereocenters. The fourth-order valence-corrected chi connectivity index (χ4v) is 0.201. The molecule has 64 valence electrons. The van der Waals surface area contributed by atoms with Gasteiger partial charge in [-0.15, -0.1) is 0 Å². The predicted molar refractivity (Wildman–Crippen MR) is 45.0 cm³/mol. The van der Waals surface area contributed by atoms with E-state index in [9.17, 15) is 4.57 Å². The lowest BCUT2D eigenvalue weighted by molar-refractivity contribution is 0.593. The van der Waals surface area contributed by atoms with E-state index < -0.39 is 7.14 Å². The van der Waals surface area contributed by atoms with Crippen molar-refractivity contribution < 1.29 is 4.57 Å². The molecule has 0 aromatic rings. The van der Waals surface area contributed by atoms with E-state index in [4.69, 9.17) is 15.8 Å². The van der Waals surface area contributed by atoms with E-state index in [1.807, 2.05) is 0 Å². The van der Waals surface area contributed by atoms with Crippen LogP contribution in [0.5, 0.6) is 0 Å². The maximum atomic E-state index is 10.2. The molecule has 4 nitrogen and oxygen atoms in total. The average molecular weight is 183 g/mol. The summed E-state index contributed by atoms with van der Waals surface area (Å²) in [5.41, 5.74) is 0. The van der Waals surface area contributed by atoms with Crippen LogP contribution in [0, 0.1) is 33.2 Å². The van der Waals surface area contributed by atoms with E-state index in [1.54, 1.807) is 0 Å². The van der Waals surface area contributed by atoms with Crippen molar-refractivity contribution in [2.24, 2.45) is 0 Å². The quantitative estimate of drug-likeness (QED) is 0.584. The van der Waals surface area contributed by atoms with Gasteiger partial charge in [0.1, 0.15) is 0 Å². The zero-order valence-electron chi connectivity index (χ0n) is 7.11. The van der Waals surface area contributed by atoms with Gasteiger partial charge < -0.3 is 0 Å². The molecular formula is C7H10N3OP. The summed E-state index contributed by atoms with van der Waals surface area (Å²) < 4.78 is 10.2. The Kier molecular flexibility index (Phi) is 8.65. The zero-order chi connectivity index (χ0) is 10.0. The highest BCUT2D eigenvalue weighted by atomic mass is 31.2. The third-order valence-electron chi connectivity index (χ3n) is 0.922. The number of hydrogen-bond donors (Lipinski definition) is 0. The molecule has 0 spiro atoms. The average Bonchev–Trinajstić information content (AvgIpc) is 2.17. The molecule has 0 unspecified atom stereocenters. The highest BCUT2D eigenvalue weighted by molar-refractivity contribution is 7.77. The van der Waals surface area contributed by atoms with E-state index in [-0.39, 0.29) is 0 Å². The lowest BCUT2D eigenvalue weighted by Gasteiger charge is -1.75. The van der Waals surface area contributed by atoms with E-state index in [0.717, 1.165) is 17.4 Å². The largest absolute Gasteiger partial charge is 0.366 e. The van der Waals surface area contributed by atoms with Crippen LogP contribution in [0.4, 0.5) is 0 Å². The topological polar surface area (TPSA) is 88.4 Å². The Hall–Kier alpha value is -1.30. The Balaban J connectivity index is 0. The summed E-state index contributed by atoms with van der Waals surface area (Å²) in [4.78, 5) is 0. The summed E-state index contributed by atoms with van der Waals surface area (Å²) in [5.74, 6) is 3.33. The summed E-state index contributed by atoms with van der Waals surface area (Å²) in [6.07, 6.45) is 2.64. The molecule has 0 rings (SSSR count). The molecule has 0 heterocycles. The summed E-state index contributed by atoms with van der Waals surface area (Å²) in [7, 11) is -3.75. The van der Waals surface area contributed by atoms with Gasteiger partial charge >= 0.3 is 7.14 Å². The molecule has 0 radical (unpaired) electrons. The van der Waals surface area contributed by atoms with Crippen molar-refractivity contribution >= 4 is 7.14 Å². The molecule has 0 N–H and O–H groups in total. The van der Waals surface area contributed by atoms with Crippen LogP contribution in [0.25, 0.3) is 0 Å². The third kappa shape index (κ3) is 6.81. The van der Waals surface area contributed by atoms with Crippen LogP contribution in [0.3, 0.4) is 0 Å². The monoisotopic (exact) mass is 183 g/mol. The van der Waals surface area contributed by atoms with Crippen LogP contribution in [0.1, 0.15) is 26.7 Å². The molecule has 0 aliphatic heterocycles. The van der Waals surface area contributed by atoms with Gasteiger partial charge in [-0.1, -0.05) is 26.7 Å². The number of nitrogens with zero attached hydrogens (tertiary/aromatic N) is 3. The normalized spacial score (nSPS) is 7.92. The zero-order valence-corrected chi connectivity index (χ0v) is 8.01. The van der Waals surface area contributed by atoms with Gasteiger partial charge in [0.15, 0.2) is 17.4 Å². The van der Waals surface area contributed by atoms with Crippen LogP contribution in [-0.4, -0.2) is 0 Å². The van der Waals surface area contributed by atoms with Crippen molar-refractivity contribution in [2.45, 2.75) is 26.7 Å². The molecule has 0 fully saturated rings. The Morgan fingerprint density at radius 1 is 1.00 bits per heavy atom. The minimum atomic E-state index is -3.75. The van der Waals surface area contributed by atoms with Crippen LogP contribution >= 0.6 is 7.14 Å². The number of hydrogen-bond acceptors (Lipinski definition) is 4. The molecule has 0 saturated carbocycles. The van der Waals surface area contributed by atoms with Gasteiger partial charge in [-0.05, 0) is 0 Å². The van der Waals surface area contributed by atoms with E-state index >= 15 is 0 Å². The van der Waals surface area contributed by atoms with Crippen LogP contribution in [0.2, 0.25) is 0 Å². The van der Waals surface area contributed by atoms with Crippen LogP contribution in [-0.2, 0) is 4.57 Å². The van der Waals surface area contributed by atoms with Gasteiger partial charge in [0.2, 0.25) is 0 Å². The Labute approximate surface area is 72.4 Å². The maximum Gasteiger partial charge on any atom is 0.366 e. The predicted octanol–water partition coefficient (Wildman–Crippen LogP) is 2.60. The van der Waals surface area contributed by atoms with E-state index in [1.165, 1.54) is 12.8 Å². The summed E-state index contributed by atoms with van der Waals surface area (Å²) >= 11 is 0. The number of rotatable bonds is 1. The first-order chi connectivity index (χ1) is 5.60. The SMILES string of the molecule is CCCC.N#CP(=O)(C#N)C#N. The summed E-state index contributed by atoms with van der Waals surface area (Å²) in [5, 5.41) is 23.5. The second kappa shape index (κ2) is 7.80. The van der Waals surface area contributed by atoms with Crippen LogP contribution in [0.15, 0.2) is 0 Å². The van der Waals surface area contributed by atoms with E-state index in [0.29, 0.717) is 0 Å². The van der Waals surface area contributed by atoms with Crippen molar-refractivity contribution in [1.82, 2.24) is 0 Å². The second-order valence-electron chi connectivity index (χ2n) is 1.91. The second-order valence-corrected chi connectivity index (χ2v) is 3.73. The van der Waals surface area contributed by atoms with Crippen molar-refractivity contribution in [2.75, 3.05) is 0 Å². The molecule has 0 aliphatic rings. The molecular weight excluding hydrogens is 173 g/mol. The Morgan fingerprint density at radius 2 is 1.25 bits per heavy atom. The Morgan fingerprint density at radius 3 is 1.25 bits per heavy atom. The lowest BCUT2D eigenvalue weighted by Crippen LogP contribution is -1.61. The minimum Gasteiger partial charge on any atom is -0.276 e. The highest BCUT2D eigenvalue weighted by Crippen LogP contribution is 2.39. The first-order valence-electron chi connectivity index (χ1n) is 3.44. The lowest BCUT2D eigenvalue weighted by atomic mass is 10.4. The Bertz CT molecular complexity index is 234. The van der Waals surface area contributed by atoms with Crippen LogP contribution < -0.4 is 0 Å². The molecule has 5 heteroatoms. The summed E-state index contributed by atoms with van der Waals surface area (Å²) in [6, 6.07) is 0. The van der Waals surface area contributed by atoms with Gasteiger partial charge in [0.05, 0.1) is 0 Å². The minimum absolute atomic E-state index is 1.11. The fourth-order valence-electron chi connectivity index (χ4n) is 0.0671. The van der Waals surface area contributed by atoms with Crippen molar-refractivity contribution in [3.63, 3.8) is 0 Å². The summed E-state index contributed by atoms with van der Waals surface area (Å²) in [6.45, 7) is 4.36. The molecule has 0 bridgehead atoms. The van der Waals surface area contributed by atoms with Crippen molar-refractivity contribution in [1.29, 1.82) is 15.8 Å². The maximum absolute atomic E-state index is 10.2. The van der Waals surface area contributed by atoms with Gasteiger partial charge in [-0.3, -0.25) is 4.57 Å². The first-order valence-corrected chi connectivity index (χ1v) is 5.15. The van der Waals surface area contributed by atoms with Crippen molar-refractivity contribution in [3.05, 3.63) is 0 Å². The first kappa shape index (κ1) is 13.3. The van der Waals surface area contributed by atoms with E-state index in [2.05, 4.69) is 13.8 Å². The van der Waals surface area contributed by atoms with Crippen molar-refractivity contribution in [3.8, 4) is 17.4 Å². The molecule has 12 heavy (non-hydrogen) atoms. The van der Waals surface area contributed by atoms with Gasteiger partial charge in [0.25, 0.3) is 0 Å². The molecule has 0 aromatic carbocycles. The van der Waals surface area contributed by atoms with Gasteiger partial charge in [-0.2, -0.15) is 15.8 Å². The number of unbranched alkanes of at least 4 members (excludes halogenated alkanes) is 1. The molecule has 0 aromatic heterocycles. The molecule has 0 amide bonds. The molecule has 0 aliphatic carbocycles.